The summed E-state index contributed by atoms with van der Waals surface area (Å²) in [5, 5.41) is 12.2. The number of amides is 4. The zero-order valence-corrected chi connectivity index (χ0v) is 34.6. The van der Waals surface area contributed by atoms with Crippen LogP contribution >= 0.6 is 0 Å². The number of carbonyl (C=O) groups is 4. The lowest BCUT2D eigenvalue weighted by atomic mass is 9.70. The van der Waals surface area contributed by atoms with Gasteiger partial charge in [0.05, 0.1) is 18.6 Å². The number of phenolic OH excluding ortho intramolecular Hbond substituents is 1. The number of β-lactam (4-membered cyclic amide) rings is 1. The van der Waals surface area contributed by atoms with Gasteiger partial charge in [0.25, 0.3) is 5.91 Å². The Balaban J connectivity index is 0.729. The van der Waals surface area contributed by atoms with Gasteiger partial charge in [-0.25, -0.2) is 0 Å². The van der Waals surface area contributed by atoms with Crippen LogP contribution in [0.3, 0.4) is 0 Å². The van der Waals surface area contributed by atoms with Gasteiger partial charge in [0.15, 0.2) is 0 Å². The van der Waals surface area contributed by atoms with Gasteiger partial charge in [-0.1, -0.05) is 6.07 Å². The van der Waals surface area contributed by atoms with Crippen LogP contribution < -0.4 is 24.8 Å². The van der Waals surface area contributed by atoms with Crippen molar-refractivity contribution in [3.05, 3.63) is 77.4 Å². The average molecular weight is 804 g/mol. The summed E-state index contributed by atoms with van der Waals surface area (Å²) < 4.78 is 5.97. The van der Waals surface area contributed by atoms with Crippen LogP contribution in [0.5, 0.6) is 11.5 Å². The quantitative estimate of drug-likeness (QED) is 0.231. The topological polar surface area (TPSA) is 129 Å². The molecule has 9 rings (SSSR count). The van der Waals surface area contributed by atoms with Gasteiger partial charge >= 0.3 is 0 Å². The van der Waals surface area contributed by atoms with E-state index in [4.69, 9.17) is 4.74 Å². The van der Waals surface area contributed by atoms with E-state index in [9.17, 15) is 24.3 Å². The Labute approximate surface area is 346 Å². The Bertz CT molecular complexity index is 2100. The highest BCUT2D eigenvalue weighted by molar-refractivity contribution is 6.06. The van der Waals surface area contributed by atoms with Crippen LogP contribution in [0.1, 0.15) is 79.9 Å². The van der Waals surface area contributed by atoms with Crippen molar-refractivity contribution in [2.75, 3.05) is 80.7 Å². The van der Waals surface area contributed by atoms with Crippen LogP contribution in [0.2, 0.25) is 0 Å². The Hall–Kier alpha value is -5.14. The van der Waals surface area contributed by atoms with Crippen LogP contribution in [0.4, 0.5) is 17.1 Å². The van der Waals surface area contributed by atoms with Gasteiger partial charge < -0.3 is 34.3 Å². The maximum absolute atomic E-state index is 13.3. The van der Waals surface area contributed by atoms with E-state index in [-0.39, 0.29) is 41.8 Å². The van der Waals surface area contributed by atoms with Crippen LogP contribution in [-0.2, 0) is 20.9 Å². The predicted octanol–water partition coefficient (Wildman–Crippen LogP) is 4.78. The molecule has 0 aromatic heterocycles. The molecule has 0 radical (unpaired) electrons. The molecule has 6 heterocycles. The lowest BCUT2D eigenvalue weighted by Gasteiger charge is -2.53. The first kappa shape index (κ1) is 39.3. The number of nitrogens with one attached hydrogen (secondary N) is 1. The molecule has 0 aliphatic carbocycles. The largest absolute Gasteiger partial charge is 0.508 e. The molecule has 312 valence electrons. The number of imide groups is 1. The molecule has 2 atom stereocenters. The molecule has 59 heavy (non-hydrogen) atoms. The van der Waals surface area contributed by atoms with Gasteiger partial charge in [-0.15, -0.1) is 0 Å². The number of anilines is 3. The third-order valence-electron chi connectivity index (χ3n) is 14.1. The maximum atomic E-state index is 13.3. The van der Waals surface area contributed by atoms with E-state index in [0.29, 0.717) is 30.5 Å². The second-order valence-corrected chi connectivity index (χ2v) is 18.0. The normalized spacial score (nSPS) is 24.7. The summed E-state index contributed by atoms with van der Waals surface area (Å²) in [4.78, 5) is 64.3. The van der Waals surface area contributed by atoms with E-state index < -0.39 is 11.5 Å². The molecule has 13 heteroatoms. The fourth-order valence-electron chi connectivity index (χ4n) is 10.6. The van der Waals surface area contributed by atoms with Gasteiger partial charge in [-0.3, -0.25) is 29.4 Å². The molecule has 6 aliphatic rings. The zero-order chi connectivity index (χ0) is 41.0. The Morgan fingerprint density at radius 1 is 0.763 bits per heavy atom. The van der Waals surface area contributed by atoms with Crippen molar-refractivity contribution < 1.29 is 29.0 Å². The number of aromatic hydroxyl groups is 1. The number of benzene rings is 3. The Morgan fingerprint density at radius 2 is 1.41 bits per heavy atom. The first-order valence-electron chi connectivity index (χ1n) is 21.5. The van der Waals surface area contributed by atoms with Gasteiger partial charge in [0.1, 0.15) is 17.5 Å². The van der Waals surface area contributed by atoms with Crippen LogP contribution in [0, 0.1) is 11.3 Å². The third-order valence-corrected chi connectivity index (χ3v) is 14.1. The standard InChI is InChI=1S/C46H57N7O6/c1-46(2)42(53(45(46)58)33-4-8-36(54)9-5-33)38-11-7-35(27-40(38)59-3)50-20-16-32(17-21-50)51-24-22-48(23-25-51)28-30-14-18-49(19-15-30)34-6-10-37-31(26-34)29-52(44(37)57)39-12-13-41(55)47-43(39)56/h4-11,26-27,30,32,39,42,54H,12-25,28-29H2,1-3H3,(H,47,55,56)/t39?,42-/m0/s1. The fraction of sp³-hybridized carbons (Fsp3) is 0.522. The number of hydrogen-bond donors (Lipinski definition) is 2. The maximum Gasteiger partial charge on any atom is 0.255 e. The van der Waals surface area contributed by atoms with Crippen molar-refractivity contribution >= 4 is 40.7 Å². The number of nitrogens with zero attached hydrogens (tertiary/aromatic N) is 6. The zero-order valence-electron chi connectivity index (χ0n) is 34.6. The van der Waals surface area contributed by atoms with E-state index in [0.717, 1.165) is 119 Å². The number of fused-ring (bicyclic) bond motifs is 1. The number of phenols is 1. The number of ether oxygens (including phenoxy) is 1. The minimum Gasteiger partial charge on any atom is -0.508 e. The molecule has 13 nitrogen and oxygen atoms in total. The average Bonchev–Trinajstić information content (AvgIpc) is 3.58. The summed E-state index contributed by atoms with van der Waals surface area (Å²) in [6.45, 7) is 14.0. The smallest absolute Gasteiger partial charge is 0.255 e. The minimum absolute atomic E-state index is 0.0556. The molecule has 3 aromatic rings. The molecule has 3 aromatic carbocycles. The lowest BCUT2D eigenvalue weighted by Crippen LogP contribution is -2.61. The molecule has 0 spiro atoms. The molecular formula is C46H57N7O6. The van der Waals surface area contributed by atoms with Crippen molar-refractivity contribution in [1.82, 2.24) is 20.0 Å². The Kier molecular flexibility index (Phi) is 10.5. The summed E-state index contributed by atoms with van der Waals surface area (Å²) >= 11 is 0. The van der Waals surface area contributed by atoms with Crippen molar-refractivity contribution in [2.24, 2.45) is 11.3 Å². The third kappa shape index (κ3) is 7.41. The van der Waals surface area contributed by atoms with Crippen LogP contribution in [0.15, 0.2) is 60.7 Å². The summed E-state index contributed by atoms with van der Waals surface area (Å²) in [6, 6.07) is 19.2. The highest BCUT2D eigenvalue weighted by Gasteiger charge is 2.56. The van der Waals surface area contributed by atoms with E-state index >= 15 is 0 Å². The van der Waals surface area contributed by atoms with Gasteiger partial charge in [-0.05, 0) is 106 Å². The number of piperazine rings is 1. The fourth-order valence-corrected chi connectivity index (χ4v) is 10.6. The first-order valence-corrected chi connectivity index (χ1v) is 21.5. The molecule has 0 saturated carbocycles. The predicted molar refractivity (Wildman–Crippen MR) is 226 cm³/mol. The molecule has 2 N–H and O–H groups in total. The number of rotatable bonds is 9. The van der Waals surface area contributed by atoms with Crippen molar-refractivity contribution in [2.45, 2.75) is 77.0 Å². The summed E-state index contributed by atoms with van der Waals surface area (Å²) in [6.07, 6.45) is 5.20. The van der Waals surface area contributed by atoms with Crippen LogP contribution in [0.25, 0.3) is 0 Å². The molecule has 4 amide bonds. The first-order chi connectivity index (χ1) is 28.5. The summed E-state index contributed by atoms with van der Waals surface area (Å²) in [7, 11) is 1.71. The SMILES string of the molecule is COc1cc(N2CCC(N3CCN(CC4CCN(c5ccc6c(c5)CN(C5CCC(=O)NC5=O)C6=O)CC4)CC3)CC2)ccc1[C@@H]1N(c2ccc(O)cc2)C(=O)C1(C)C. The second kappa shape index (κ2) is 15.8. The number of piperidine rings is 3. The molecule has 5 fully saturated rings. The summed E-state index contributed by atoms with van der Waals surface area (Å²) in [5.74, 6) is 0.936. The number of hydrogen-bond acceptors (Lipinski definition) is 10. The lowest BCUT2D eigenvalue weighted by molar-refractivity contribution is -0.138. The van der Waals surface area contributed by atoms with E-state index in [1.807, 2.05) is 24.8 Å². The molecule has 6 aliphatic heterocycles. The van der Waals surface area contributed by atoms with E-state index in [1.54, 1.807) is 36.3 Å². The Morgan fingerprint density at radius 3 is 2.08 bits per heavy atom. The second-order valence-electron chi connectivity index (χ2n) is 18.0. The summed E-state index contributed by atoms with van der Waals surface area (Å²) in [5.41, 5.74) is 5.11. The molecule has 0 bridgehead atoms. The van der Waals surface area contributed by atoms with Gasteiger partial charge in [0.2, 0.25) is 17.7 Å². The molecular weight excluding hydrogens is 747 g/mol. The highest BCUT2D eigenvalue weighted by atomic mass is 16.5. The van der Waals surface area contributed by atoms with E-state index in [2.05, 4.69) is 55.2 Å². The number of carbonyl (C=O) groups excluding carboxylic acids is 4. The van der Waals surface area contributed by atoms with Crippen molar-refractivity contribution in [3.8, 4) is 11.5 Å². The number of methoxy groups -OCH3 is 1. The van der Waals surface area contributed by atoms with Crippen molar-refractivity contribution in [1.29, 1.82) is 0 Å². The highest BCUT2D eigenvalue weighted by Crippen LogP contribution is 2.54. The minimum atomic E-state index is -0.588. The van der Waals surface area contributed by atoms with Gasteiger partial charge in [-0.2, -0.15) is 0 Å². The van der Waals surface area contributed by atoms with Crippen molar-refractivity contribution in [3.63, 3.8) is 0 Å². The molecule has 1 unspecified atom stereocenters. The molecule has 5 saturated heterocycles. The van der Waals surface area contributed by atoms with Gasteiger partial charge in [0, 0.05) is 112 Å². The monoisotopic (exact) mass is 803 g/mol. The van der Waals surface area contributed by atoms with Crippen LogP contribution in [-0.4, -0.2) is 122 Å². The van der Waals surface area contributed by atoms with E-state index in [1.165, 1.54) is 0 Å².